The third kappa shape index (κ3) is 1.32. The van der Waals surface area contributed by atoms with Crippen LogP contribution in [0.5, 0.6) is 5.75 Å². The number of hydrogen-bond acceptors (Lipinski definition) is 2. The van der Waals surface area contributed by atoms with Gasteiger partial charge in [-0.15, -0.1) is 0 Å². The average molecular weight is 237 g/mol. The minimum Gasteiger partial charge on any atom is -0.507 e. The SMILES string of the molecule is C=NC1C=C(C)c2c(O)c(C)cc3cccc1c23. The molecular formula is C16H15NO. The molecule has 0 heterocycles. The van der Waals surface area contributed by atoms with Gasteiger partial charge in [0.1, 0.15) is 5.75 Å². The molecule has 0 saturated heterocycles. The molecule has 0 amide bonds. The van der Waals surface area contributed by atoms with Crippen LogP contribution in [0.3, 0.4) is 0 Å². The Bertz CT molecular complexity index is 698. The first kappa shape index (κ1) is 11.0. The topological polar surface area (TPSA) is 32.6 Å². The Morgan fingerprint density at radius 2 is 2.06 bits per heavy atom. The maximum absolute atomic E-state index is 10.3. The van der Waals surface area contributed by atoms with Gasteiger partial charge < -0.3 is 5.11 Å². The van der Waals surface area contributed by atoms with Crippen LogP contribution in [0, 0.1) is 6.92 Å². The van der Waals surface area contributed by atoms with Crippen molar-refractivity contribution in [1.29, 1.82) is 0 Å². The van der Waals surface area contributed by atoms with E-state index in [9.17, 15) is 5.11 Å². The summed E-state index contributed by atoms with van der Waals surface area (Å²) in [6, 6.07) is 8.18. The molecule has 18 heavy (non-hydrogen) atoms. The molecule has 90 valence electrons. The Balaban J connectivity index is 2.53. The monoisotopic (exact) mass is 237 g/mol. The Labute approximate surface area is 106 Å². The lowest BCUT2D eigenvalue weighted by Gasteiger charge is -2.23. The number of hydrogen-bond donors (Lipinski definition) is 1. The first-order valence-electron chi connectivity index (χ1n) is 6.03. The van der Waals surface area contributed by atoms with Gasteiger partial charge in [0.2, 0.25) is 0 Å². The Kier molecular flexibility index (Phi) is 2.27. The van der Waals surface area contributed by atoms with E-state index in [0.717, 1.165) is 33.0 Å². The van der Waals surface area contributed by atoms with E-state index in [2.05, 4.69) is 29.9 Å². The van der Waals surface area contributed by atoms with Crippen LogP contribution < -0.4 is 0 Å². The highest BCUT2D eigenvalue weighted by atomic mass is 16.3. The largest absolute Gasteiger partial charge is 0.507 e. The summed E-state index contributed by atoms with van der Waals surface area (Å²) in [6.45, 7) is 7.61. The van der Waals surface area contributed by atoms with Crippen molar-refractivity contribution in [2.24, 2.45) is 4.99 Å². The van der Waals surface area contributed by atoms with Gasteiger partial charge in [-0.05, 0) is 54.1 Å². The van der Waals surface area contributed by atoms with Crippen molar-refractivity contribution < 1.29 is 5.11 Å². The molecule has 2 heteroatoms. The van der Waals surface area contributed by atoms with Crippen LogP contribution in [-0.2, 0) is 0 Å². The molecule has 0 saturated carbocycles. The van der Waals surface area contributed by atoms with Crippen LogP contribution in [0.4, 0.5) is 0 Å². The Morgan fingerprint density at radius 3 is 2.78 bits per heavy atom. The van der Waals surface area contributed by atoms with Crippen molar-refractivity contribution in [3.05, 3.63) is 47.0 Å². The van der Waals surface area contributed by atoms with Crippen molar-refractivity contribution in [1.82, 2.24) is 0 Å². The highest BCUT2D eigenvalue weighted by molar-refractivity contribution is 6.01. The summed E-state index contributed by atoms with van der Waals surface area (Å²) in [4.78, 5) is 4.17. The summed E-state index contributed by atoms with van der Waals surface area (Å²) in [7, 11) is 0. The zero-order valence-corrected chi connectivity index (χ0v) is 10.6. The molecule has 1 aliphatic carbocycles. The summed E-state index contributed by atoms with van der Waals surface area (Å²) in [5.41, 5.74) is 4.05. The van der Waals surface area contributed by atoms with Gasteiger partial charge in [0.15, 0.2) is 0 Å². The minimum atomic E-state index is -0.0108. The van der Waals surface area contributed by atoms with Crippen molar-refractivity contribution in [2.45, 2.75) is 19.9 Å². The van der Waals surface area contributed by atoms with Crippen molar-refractivity contribution in [3.63, 3.8) is 0 Å². The number of aromatic hydroxyl groups is 1. The third-order valence-corrected chi connectivity index (χ3v) is 3.68. The van der Waals surface area contributed by atoms with Crippen LogP contribution in [0.2, 0.25) is 0 Å². The number of phenolic OH excluding ortho intramolecular Hbond substituents is 1. The molecule has 0 bridgehead atoms. The second kappa shape index (κ2) is 3.70. The van der Waals surface area contributed by atoms with Crippen LogP contribution in [0.1, 0.15) is 29.7 Å². The average Bonchev–Trinajstić information content (AvgIpc) is 2.36. The number of benzene rings is 2. The van der Waals surface area contributed by atoms with Crippen molar-refractivity contribution in [2.75, 3.05) is 0 Å². The summed E-state index contributed by atoms with van der Waals surface area (Å²) >= 11 is 0. The summed E-state index contributed by atoms with van der Waals surface area (Å²) < 4.78 is 0. The van der Waals surface area contributed by atoms with Gasteiger partial charge in [0.25, 0.3) is 0 Å². The lowest BCUT2D eigenvalue weighted by molar-refractivity contribution is 0.470. The Hall–Kier alpha value is -2.09. The smallest absolute Gasteiger partial charge is 0.126 e. The first-order chi connectivity index (χ1) is 8.63. The zero-order valence-electron chi connectivity index (χ0n) is 10.6. The van der Waals surface area contributed by atoms with E-state index in [0.29, 0.717) is 5.75 Å². The number of allylic oxidation sites excluding steroid dienone is 1. The van der Waals surface area contributed by atoms with E-state index in [1.807, 2.05) is 26.0 Å². The van der Waals surface area contributed by atoms with Gasteiger partial charge in [-0.1, -0.05) is 24.3 Å². The second-order valence-electron chi connectivity index (χ2n) is 4.84. The van der Waals surface area contributed by atoms with Crippen molar-refractivity contribution >= 4 is 23.1 Å². The summed E-state index contributed by atoms with van der Waals surface area (Å²) in [6.07, 6.45) is 2.06. The summed E-state index contributed by atoms with van der Waals surface area (Å²) in [5.74, 6) is 0.381. The number of rotatable bonds is 1. The minimum absolute atomic E-state index is 0.0108. The van der Waals surface area contributed by atoms with Gasteiger partial charge in [-0.2, -0.15) is 0 Å². The van der Waals surface area contributed by atoms with Crippen LogP contribution in [0.15, 0.2) is 35.3 Å². The third-order valence-electron chi connectivity index (χ3n) is 3.68. The molecule has 2 aromatic carbocycles. The predicted octanol–water partition coefficient (Wildman–Crippen LogP) is 4.01. The molecule has 0 spiro atoms. The maximum Gasteiger partial charge on any atom is 0.126 e. The number of aryl methyl sites for hydroxylation is 1. The Morgan fingerprint density at radius 1 is 1.28 bits per heavy atom. The molecule has 2 nitrogen and oxygen atoms in total. The molecule has 2 aromatic rings. The molecule has 1 unspecified atom stereocenters. The molecule has 1 atom stereocenters. The molecule has 0 fully saturated rings. The van der Waals surface area contributed by atoms with E-state index >= 15 is 0 Å². The van der Waals surface area contributed by atoms with E-state index in [1.165, 1.54) is 0 Å². The molecule has 0 aliphatic heterocycles. The predicted molar refractivity (Wildman–Crippen MR) is 76.3 cm³/mol. The standard InChI is InChI=1S/C16H15NO/c1-9-8-13(17-3)12-6-4-5-11-7-10(2)16(18)14(9)15(11)12/h4-8,13,18H,3H2,1-2H3. The number of phenols is 1. The maximum atomic E-state index is 10.3. The van der Waals surface area contributed by atoms with E-state index in [1.54, 1.807) is 0 Å². The van der Waals surface area contributed by atoms with Crippen LogP contribution in [0.25, 0.3) is 16.3 Å². The molecule has 1 aliphatic rings. The number of aliphatic imine (C=N–C) groups is 1. The molecule has 1 N–H and O–H groups in total. The molecule has 0 aromatic heterocycles. The summed E-state index contributed by atoms with van der Waals surface area (Å²) in [5, 5.41) is 12.6. The highest BCUT2D eigenvalue weighted by Gasteiger charge is 2.22. The van der Waals surface area contributed by atoms with Crippen LogP contribution >= 0.6 is 0 Å². The second-order valence-corrected chi connectivity index (χ2v) is 4.84. The normalized spacial score (nSPS) is 17.7. The van der Waals surface area contributed by atoms with E-state index < -0.39 is 0 Å². The van der Waals surface area contributed by atoms with Gasteiger partial charge in [-0.3, -0.25) is 4.99 Å². The first-order valence-corrected chi connectivity index (χ1v) is 6.03. The van der Waals surface area contributed by atoms with Crippen molar-refractivity contribution in [3.8, 4) is 5.75 Å². The molecule has 0 radical (unpaired) electrons. The lowest BCUT2D eigenvalue weighted by Crippen LogP contribution is -2.02. The fourth-order valence-corrected chi connectivity index (χ4v) is 2.81. The van der Waals surface area contributed by atoms with Gasteiger partial charge in [0.05, 0.1) is 6.04 Å². The fraction of sp³-hybridized carbons (Fsp3) is 0.188. The zero-order chi connectivity index (χ0) is 12.9. The van der Waals surface area contributed by atoms with Crippen LogP contribution in [-0.4, -0.2) is 11.8 Å². The lowest BCUT2D eigenvalue weighted by atomic mass is 9.84. The van der Waals surface area contributed by atoms with E-state index in [-0.39, 0.29) is 6.04 Å². The highest BCUT2D eigenvalue weighted by Crippen LogP contribution is 2.44. The van der Waals surface area contributed by atoms with Gasteiger partial charge in [-0.25, -0.2) is 0 Å². The van der Waals surface area contributed by atoms with Gasteiger partial charge in [0, 0.05) is 5.56 Å². The molecular weight excluding hydrogens is 222 g/mol. The number of nitrogens with zero attached hydrogens (tertiary/aromatic N) is 1. The molecule has 3 rings (SSSR count). The quantitative estimate of drug-likeness (QED) is 0.747. The van der Waals surface area contributed by atoms with E-state index in [4.69, 9.17) is 0 Å². The van der Waals surface area contributed by atoms with Gasteiger partial charge >= 0.3 is 0 Å². The fourth-order valence-electron chi connectivity index (χ4n) is 2.81.